The molecule has 1 unspecified atom stereocenters. The summed E-state index contributed by atoms with van der Waals surface area (Å²) in [5.74, 6) is 1.10. The molecule has 1 rings (SSSR count). The fourth-order valence-corrected chi connectivity index (χ4v) is 2.75. The average molecular weight is 240 g/mol. The minimum absolute atomic E-state index is 0.0199. The van der Waals surface area contributed by atoms with Crippen LogP contribution in [0, 0.1) is 11.8 Å². The van der Waals surface area contributed by atoms with E-state index < -0.39 is 0 Å². The van der Waals surface area contributed by atoms with Crippen LogP contribution in [0.2, 0.25) is 0 Å². The summed E-state index contributed by atoms with van der Waals surface area (Å²) in [6, 6.07) is 0. The van der Waals surface area contributed by atoms with E-state index in [-0.39, 0.29) is 11.8 Å². The maximum absolute atomic E-state index is 11.8. The van der Waals surface area contributed by atoms with Crippen LogP contribution in [0.5, 0.6) is 0 Å². The lowest BCUT2D eigenvalue weighted by Crippen LogP contribution is -2.35. The normalized spacial score (nSPS) is 18.2. The van der Waals surface area contributed by atoms with Crippen LogP contribution in [0.15, 0.2) is 0 Å². The number of rotatable bonds is 8. The van der Waals surface area contributed by atoms with Gasteiger partial charge < -0.3 is 11.1 Å². The molecule has 3 nitrogen and oxygen atoms in total. The Bertz CT molecular complexity index is 212. The van der Waals surface area contributed by atoms with Gasteiger partial charge in [0.05, 0.1) is 5.92 Å². The number of hydrogen-bond acceptors (Lipinski definition) is 2. The van der Waals surface area contributed by atoms with E-state index >= 15 is 0 Å². The van der Waals surface area contributed by atoms with E-state index in [2.05, 4.69) is 12.2 Å². The van der Waals surface area contributed by atoms with Crippen molar-refractivity contribution in [2.24, 2.45) is 17.6 Å². The third kappa shape index (κ3) is 5.53. The van der Waals surface area contributed by atoms with Gasteiger partial charge >= 0.3 is 0 Å². The standard InChI is InChI=1S/C14H28N2O/c1-2-6-13(11-15)14(17)16-10-5-9-12-7-3-4-8-12/h12-13H,2-11,15H2,1H3,(H,16,17). The van der Waals surface area contributed by atoms with Gasteiger partial charge in [-0.05, 0) is 25.2 Å². The smallest absolute Gasteiger partial charge is 0.224 e. The molecule has 0 aromatic rings. The summed E-state index contributed by atoms with van der Waals surface area (Å²) in [6.45, 7) is 3.40. The van der Waals surface area contributed by atoms with Gasteiger partial charge in [0, 0.05) is 13.1 Å². The minimum atomic E-state index is 0.0199. The summed E-state index contributed by atoms with van der Waals surface area (Å²) in [6.07, 6.45) is 9.94. The first-order valence-corrected chi connectivity index (χ1v) is 7.25. The molecule has 1 atom stereocenters. The molecular formula is C14H28N2O. The summed E-state index contributed by atoms with van der Waals surface area (Å²) < 4.78 is 0. The lowest BCUT2D eigenvalue weighted by Gasteiger charge is -2.14. The summed E-state index contributed by atoms with van der Waals surface area (Å²) in [5.41, 5.74) is 5.60. The van der Waals surface area contributed by atoms with E-state index in [4.69, 9.17) is 5.73 Å². The highest BCUT2D eigenvalue weighted by Gasteiger charge is 2.16. The van der Waals surface area contributed by atoms with Crippen molar-refractivity contribution < 1.29 is 4.79 Å². The number of carbonyl (C=O) groups excluding carboxylic acids is 1. The molecule has 3 N–H and O–H groups in total. The van der Waals surface area contributed by atoms with Gasteiger partial charge in [-0.2, -0.15) is 0 Å². The third-order valence-corrected chi connectivity index (χ3v) is 3.86. The largest absolute Gasteiger partial charge is 0.356 e. The zero-order valence-corrected chi connectivity index (χ0v) is 11.2. The van der Waals surface area contributed by atoms with Gasteiger partial charge in [0.1, 0.15) is 0 Å². The van der Waals surface area contributed by atoms with Crippen molar-refractivity contribution in [3.05, 3.63) is 0 Å². The van der Waals surface area contributed by atoms with Crippen LogP contribution in [0.1, 0.15) is 58.3 Å². The highest BCUT2D eigenvalue weighted by Crippen LogP contribution is 2.28. The zero-order chi connectivity index (χ0) is 12.5. The molecule has 3 heteroatoms. The Hall–Kier alpha value is -0.570. The summed E-state index contributed by atoms with van der Waals surface area (Å²) >= 11 is 0. The predicted octanol–water partition coefficient (Wildman–Crippen LogP) is 2.45. The van der Waals surface area contributed by atoms with E-state index in [1.807, 2.05) is 0 Å². The van der Waals surface area contributed by atoms with Gasteiger partial charge in [0.15, 0.2) is 0 Å². The molecule has 0 radical (unpaired) electrons. The fourth-order valence-electron chi connectivity index (χ4n) is 2.75. The second-order valence-corrected chi connectivity index (χ2v) is 5.31. The molecule has 1 aliphatic rings. The number of nitrogens with one attached hydrogen (secondary N) is 1. The molecule has 0 saturated heterocycles. The Balaban J connectivity index is 2.05. The Morgan fingerprint density at radius 2 is 2.12 bits per heavy atom. The van der Waals surface area contributed by atoms with E-state index in [1.54, 1.807) is 0 Å². The second kappa shape index (κ2) is 8.51. The van der Waals surface area contributed by atoms with Crippen LogP contribution < -0.4 is 11.1 Å². The van der Waals surface area contributed by atoms with Crippen molar-refractivity contribution in [2.45, 2.75) is 58.3 Å². The van der Waals surface area contributed by atoms with Crippen molar-refractivity contribution in [1.82, 2.24) is 5.32 Å². The molecule has 1 saturated carbocycles. The van der Waals surface area contributed by atoms with E-state index in [9.17, 15) is 4.79 Å². The van der Waals surface area contributed by atoms with Crippen LogP contribution in [-0.2, 0) is 4.79 Å². The summed E-state index contributed by atoms with van der Waals surface area (Å²) in [7, 11) is 0. The van der Waals surface area contributed by atoms with Crippen molar-refractivity contribution in [3.63, 3.8) is 0 Å². The Morgan fingerprint density at radius 1 is 1.41 bits per heavy atom. The topological polar surface area (TPSA) is 55.1 Å². The van der Waals surface area contributed by atoms with Crippen molar-refractivity contribution in [1.29, 1.82) is 0 Å². The predicted molar refractivity (Wildman–Crippen MR) is 71.7 cm³/mol. The number of amides is 1. The number of hydrogen-bond donors (Lipinski definition) is 2. The molecule has 0 aromatic carbocycles. The molecule has 1 fully saturated rings. The summed E-state index contributed by atoms with van der Waals surface area (Å²) in [4.78, 5) is 11.8. The Morgan fingerprint density at radius 3 is 2.71 bits per heavy atom. The van der Waals surface area contributed by atoms with E-state index in [1.165, 1.54) is 32.1 Å². The van der Waals surface area contributed by atoms with Crippen LogP contribution in [-0.4, -0.2) is 19.0 Å². The maximum Gasteiger partial charge on any atom is 0.224 e. The van der Waals surface area contributed by atoms with Gasteiger partial charge in [-0.1, -0.05) is 39.0 Å². The summed E-state index contributed by atoms with van der Waals surface area (Å²) in [5, 5.41) is 3.02. The Kier molecular flexibility index (Phi) is 7.25. The van der Waals surface area contributed by atoms with E-state index in [0.29, 0.717) is 6.54 Å². The van der Waals surface area contributed by atoms with Crippen LogP contribution in [0.3, 0.4) is 0 Å². The SMILES string of the molecule is CCCC(CN)C(=O)NCCCC1CCCC1. The lowest BCUT2D eigenvalue weighted by molar-refractivity contribution is -0.124. The minimum Gasteiger partial charge on any atom is -0.356 e. The molecule has 0 aliphatic heterocycles. The quantitative estimate of drug-likeness (QED) is 0.640. The van der Waals surface area contributed by atoms with Gasteiger partial charge in [-0.3, -0.25) is 4.79 Å². The van der Waals surface area contributed by atoms with Crippen LogP contribution >= 0.6 is 0 Å². The molecule has 0 aromatic heterocycles. The van der Waals surface area contributed by atoms with Crippen LogP contribution in [0.4, 0.5) is 0 Å². The molecule has 0 heterocycles. The average Bonchev–Trinajstić information content (AvgIpc) is 2.84. The first-order valence-electron chi connectivity index (χ1n) is 7.25. The molecular weight excluding hydrogens is 212 g/mol. The maximum atomic E-state index is 11.8. The molecule has 0 bridgehead atoms. The fraction of sp³-hybridized carbons (Fsp3) is 0.929. The van der Waals surface area contributed by atoms with Gasteiger partial charge in [0.25, 0.3) is 0 Å². The number of nitrogens with two attached hydrogens (primary N) is 1. The van der Waals surface area contributed by atoms with Crippen molar-refractivity contribution >= 4 is 5.91 Å². The molecule has 0 spiro atoms. The second-order valence-electron chi connectivity index (χ2n) is 5.31. The lowest BCUT2D eigenvalue weighted by atomic mass is 10.0. The monoisotopic (exact) mass is 240 g/mol. The first kappa shape index (κ1) is 14.5. The molecule has 17 heavy (non-hydrogen) atoms. The van der Waals surface area contributed by atoms with Gasteiger partial charge in [0.2, 0.25) is 5.91 Å². The zero-order valence-electron chi connectivity index (χ0n) is 11.2. The number of carbonyl (C=O) groups is 1. The molecule has 1 aliphatic carbocycles. The third-order valence-electron chi connectivity index (χ3n) is 3.86. The Labute approximate surface area is 106 Å². The van der Waals surface area contributed by atoms with Gasteiger partial charge in [-0.15, -0.1) is 0 Å². The van der Waals surface area contributed by atoms with E-state index in [0.717, 1.165) is 31.7 Å². The van der Waals surface area contributed by atoms with Crippen LogP contribution in [0.25, 0.3) is 0 Å². The highest BCUT2D eigenvalue weighted by atomic mass is 16.1. The van der Waals surface area contributed by atoms with Crippen molar-refractivity contribution in [2.75, 3.05) is 13.1 Å². The first-order chi connectivity index (χ1) is 8.27. The van der Waals surface area contributed by atoms with Gasteiger partial charge in [-0.25, -0.2) is 0 Å². The molecule has 1 amide bonds. The molecule has 100 valence electrons. The highest BCUT2D eigenvalue weighted by molar-refractivity contribution is 5.78. The van der Waals surface area contributed by atoms with Crippen molar-refractivity contribution in [3.8, 4) is 0 Å².